The second-order valence-electron chi connectivity index (χ2n) is 7.26. The van der Waals surface area contributed by atoms with Gasteiger partial charge >= 0.3 is 0 Å². The summed E-state index contributed by atoms with van der Waals surface area (Å²) in [5.41, 5.74) is -0.00823. The zero-order valence-corrected chi connectivity index (χ0v) is 16.6. The molecule has 7 nitrogen and oxygen atoms in total. The van der Waals surface area contributed by atoms with E-state index in [-0.39, 0.29) is 6.61 Å². The molecule has 2 aliphatic heterocycles. The highest BCUT2D eigenvalue weighted by Gasteiger charge is 2.64. The predicted octanol–water partition coefficient (Wildman–Crippen LogP) is 2.37. The van der Waals surface area contributed by atoms with Crippen LogP contribution in [0.15, 0.2) is 43.0 Å². The number of ether oxygens (including phenoxy) is 4. The van der Waals surface area contributed by atoms with Gasteiger partial charge in [0.2, 0.25) is 0 Å². The van der Waals surface area contributed by atoms with Crippen molar-refractivity contribution >= 4 is 10.1 Å². The van der Waals surface area contributed by atoms with Crippen LogP contribution in [0.1, 0.15) is 25.8 Å². The van der Waals surface area contributed by atoms with E-state index >= 15 is 0 Å². The predicted molar refractivity (Wildman–Crippen MR) is 98.3 cm³/mol. The lowest BCUT2D eigenvalue weighted by Crippen LogP contribution is -2.52. The average Bonchev–Trinajstić information content (AvgIpc) is 3.03. The molecule has 2 heterocycles. The standard InChI is InChI=1S/C19H26O7S/c1-5-11-19(22-12-14-9-7-6-8-10-14)15(13-23-27(4,20)21)24-17-16(19)25-18(2,3)26-17/h5-10,15-17H,1,11-13H2,2-4H3/t15-,16+,17-,19-/m1/s1. The molecule has 0 aliphatic carbocycles. The summed E-state index contributed by atoms with van der Waals surface area (Å²) in [7, 11) is -3.63. The van der Waals surface area contributed by atoms with Crippen LogP contribution in [-0.2, 0) is 39.9 Å². The molecule has 27 heavy (non-hydrogen) atoms. The minimum atomic E-state index is -3.63. The molecule has 0 saturated carbocycles. The Hall–Kier alpha value is -1.29. The number of benzene rings is 1. The van der Waals surface area contributed by atoms with E-state index in [1.807, 2.05) is 30.3 Å². The average molecular weight is 398 g/mol. The Balaban J connectivity index is 1.88. The van der Waals surface area contributed by atoms with Gasteiger partial charge < -0.3 is 18.9 Å². The molecule has 2 fully saturated rings. The highest BCUT2D eigenvalue weighted by molar-refractivity contribution is 7.85. The lowest BCUT2D eigenvalue weighted by Gasteiger charge is -2.37. The molecule has 0 spiro atoms. The van der Waals surface area contributed by atoms with Crippen molar-refractivity contribution in [2.45, 2.75) is 56.8 Å². The summed E-state index contributed by atoms with van der Waals surface area (Å²) in [5, 5.41) is 0. The van der Waals surface area contributed by atoms with Gasteiger partial charge in [0.1, 0.15) is 17.8 Å². The Morgan fingerprint density at radius 1 is 1.22 bits per heavy atom. The van der Waals surface area contributed by atoms with Crippen LogP contribution in [-0.4, -0.2) is 51.2 Å². The second kappa shape index (κ2) is 7.62. The van der Waals surface area contributed by atoms with Crippen LogP contribution in [0, 0.1) is 0 Å². The van der Waals surface area contributed by atoms with Gasteiger partial charge in [-0.3, -0.25) is 4.18 Å². The summed E-state index contributed by atoms with van der Waals surface area (Å²) < 4.78 is 52.2. The van der Waals surface area contributed by atoms with Crippen molar-refractivity contribution in [2.75, 3.05) is 12.9 Å². The Bertz CT molecular complexity index is 762. The van der Waals surface area contributed by atoms with Gasteiger partial charge in [0.15, 0.2) is 12.1 Å². The van der Waals surface area contributed by atoms with Crippen molar-refractivity contribution in [3.05, 3.63) is 48.6 Å². The van der Waals surface area contributed by atoms with E-state index in [1.165, 1.54) is 0 Å². The first-order valence-corrected chi connectivity index (χ1v) is 10.6. The fourth-order valence-corrected chi connectivity index (χ4v) is 3.86. The fraction of sp³-hybridized carbons (Fsp3) is 0.579. The maximum absolute atomic E-state index is 11.5. The van der Waals surface area contributed by atoms with Gasteiger partial charge in [-0.1, -0.05) is 36.4 Å². The largest absolute Gasteiger partial charge is 0.364 e. The summed E-state index contributed by atoms with van der Waals surface area (Å²) in [6, 6.07) is 9.68. The van der Waals surface area contributed by atoms with Crippen molar-refractivity contribution in [3.8, 4) is 0 Å². The maximum Gasteiger partial charge on any atom is 0.264 e. The van der Waals surface area contributed by atoms with Crippen LogP contribution in [0.4, 0.5) is 0 Å². The van der Waals surface area contributed by atoms with Gasteiger partial charge in [0.05, 0.1) is 19.5 Å². The molecule has 2 aliphatic rings. The van der Waals surface area contributed by atoms with E-state index in [9.17, 15) is 8.42 Å². The molecule has 0 radical (unpaired) electrons. The van der Waals surface area contributed by atoms with Gasteiger partial charge in [-0.2, -0.15) is 8.42 Å². The Morgan fingerprint density at radius 3 is 2.56 bits per heavy atom. The topological polar surface area (TPSA) is 80.3 Å². The minimum absolute atomic E-state index is 0.193. The Morgan fingerprint density at radius 2 is 1.93 bits per heavy atom. The summed E-state index contributed by atoms with van der Waals surface area (Å²) in [5.74, 6) is -0.833. The first kappa shape index (κ1) is 20.4. The smallest absolute Gasteiger partial charge is 0.264 e. The third kappa shape index (κ3) is 4.59. The molecule has 0 unspecified atom stereocenters. The van der Waals surface area contributed by atoms with Gasteiger partial charge in [-0.25, -0.2) is 0 Å². The van der Waals surface area contributed by atoms with Crippen molar-refractivity contribution < 1.29 is 31.5 Å². The fourth-order valence-electron chi connectivity index (χ4n) is 3.49. The van der Waals surface area contributed by atoms with E-state index < -0.39 is 40.0 Å². The van der Waals surface area contributed by atoms with Crippen LogP contribution >= 0.6 is 0 Å². The van der Waals surface area contributed by atoms with E-state index in [0.717, 1.165) is 11.8 Å². The molecular formula is C19H26O7S. The zero-order chi connectivity index (χ0) is 19.7. The minimum Gasteiger partial charge on any atom is -0.364 e. The number of rotatable bonds is 8. The third-order valence-electron chi connectivity index (χ3n) is 4.63. The first-order valence-electron chi connectivity index (χ1n) is 8.79. The molecule has 1 aromatic rings. The summed E-state index contributed by atoms with van der Waals surface area (Å²) in [6.45, 7) is 7.54. The normalized spacial score (nSPS) is 32.3. The maximum atomic E-state index is 11.5. The molecule has 8 heteroatoms. The van der Waals surface area contributed by atoms with Gasteiger partial charge in [-0.05, 0) is 25.8 Å². The molecule has 0 bridgehead atoms. The number of hydrogen-bond donors (Lipinski definition) is 0. The number of hydrogen-bond acceptors (Lipinski definition) is 7. The van der Waals surface area contributed by atoms with E-state index in [0.29, 0.717) is 13.0 Å². The number of fused-ring (bicyclic) bond motifs is 1. The Kier molecular flexibility index (Phi) is 5.77. The van der Waals surface area contributed by atoms with Crippen LogP contribution in [0.2, 0.25) is 0 Å². The lowest BCUT2D eigenvalue weighted by atomic mass is 9.88. The zero-order valence-electron chi connectivity index (χ0n) is 15.8. The SMILES string of the molecule is C=CC[C@@]1(OCc2ccccc2)[C@@H](COS(C)(=O)=O)O[C@@H]2OC(C)(C)O[C@@H]21. The lowest BCUT2D eigenvalue weighted by molar-refractivity contribution is -0.241. The van der Waals surface area contributed by atoms with Crippen LogP contribution < -0.4 is 0 Å². The molecule has 2 saturated heterocycles. The third-order valence-corrected chi connectivity index (χ3v) is 5.19. The van der Waals surface area contributed by atoms with Gasteiger partial charge in [-0.15, -0.1) is 6.58 Å². The molecule has 4 atom stereocenters. The highest BCUT2D eigenvalue weighted by atomic mass is 32.2. The monoisotopic (exact) mass is 398 g/mol. The highest BCUT2D eigenvalue weighted by Crippen LogP contribution is 2.47. The summed E-state index contributed by atoms with van der Waals surface area (Å²) in [6.07, 6.45) is 1.18. The Labute approximate surface area is 160 Å². The second-order valence-corrected chi connectivity index (χ2v) is 8.90. The van der Waals surface area contributed by atoms with Crippen molar-refractivity contribution in [1.29, 1.82) is 0 Å². The quantitative estimate of drug-likeness (QED) is 0.491. The molecule has 0 amide bonds. The van der Waals surface area contributed by atoms with Gasteiger partial charge in [0.25, 0.3) is 10.1 Å². The van der Waals surface area contributed by atoms with E-state index in [4.69, 9.17) is 23.1 Å². The van der Waals surface area contributed by atoms with Crippen LogP contribution in [0.25, 0.3) is 0 Å². The molecule has 150 valence electrons. The molecule has 0 aromatic heterocycles. The molecular weight excluding hydrogens is 372 g/mol. The summed E-state index contributed by atoms with van der Waals surface area (Å²) >= 11 is 0. The van der Waals surface area contributed by atoms with Crippen LogP contribution in [0.5, 0.6) is 0 Å². The molecule has 0 N–H and O–H groups in total. The van der Waals surface area contributed by atoms with Crippen molar-refractivity contribution in [2.24, 2.45) is 0 Å². The van der Waals surface area contributed by atoms with E-state index in [2.05, 4.69) is 6.58 Å². The molecule has 1 aromatic carbocycles. The van der Waals surface area contributed by atoms with Crippen molar-refractivity contribution in [1.82, 2.24) is 0 Å². The van der Waals surface area contributed by atoms with E-state index in [1.54, 1.807) is 19.9 Å². The van der Waals surface area contributed by atoms with Crippen molar-refractivity contribution in [3.63, 3.8) is 0 Å². The first-order chi connectivity index (χ1) is 12.7. The van der Waals surface area contributed by atoms with Crippen LogP contribution in [0.3, 0.4) is 0 Å². The van der Waals surface area contributed by atoms with Gasteiger partial charge in [0, 0.05) is 0 Å². The molecule has 3 rings (SSSR count). The summed E-state index contributed by atoms with van der Waals surface area (Å²) in [4.78, 5) is 0.